The zero-order valence-corrected chi connectivity index (χ0v) is 14.5. The Kier molecular flexibility index (Phi) is 12.4. The zero-order valence-electron chi connectivity index (χ0n) is 11.9. The van der Waals surface area contributed by atoms with E-state index in [1.54, 1.807) is 6.92 Å². The predicted molar refractivity (Wildman–Crippen MR) is 75.6 cm³/mol. The van der Waals surface area contributed by atoms with Crippen molar-refractivity contribution in [2.75, 3.05) is 12.8 Å². The van der Waals surface area contributed by atoms with Gasteiger partial charge < -0.3 is 29.0 Å². The first-order chi connectivity index (χ1) is 9.33. The molecule has 0 spiro atoms. The molecule has 13 heteroatoms. The van der Waals surface area contributed by atoms with Crippen molar-refractivity contribution in [3.8, 4) is 0 Å². The highest BCUT2D eigenvalue weighted by molar-refractivity contribution is 7.60. The quantitative estimate of drug-likeness (QED) is 0.298. The van der Waals surface area contributed by atoms with Crippen LogP contribution in [0, 0.1) is 0 Å². The van der Waals surface area contributed by atoms with Gasteiger partial charge in [0.05, 0.1) is 6.61 Å². The third-order valence-electron chi connectivity index (χ3n) is 1.84. The summed E-state index contributed by atoms with van der Waals surface area (Å²) in [7, 11) is -13.3. The van der Waals surface area contributed by atoms with Crippen molar-refractivity contribution in [2.24, 2.45) is 0 Å². The van der Waals surface area contributed by atoms with E-state index in [1.165, 1.54) is 0 Å². The Morgan fingerprint density at radius 2 is 1.29 bits per heavy atom. The lowest BCUT2D eigenvalue weighted by atomic mass is 10.2. The molecule has 10 nitrogen and oxygen atoms in total. The minimum absolute atomic E-state index is 0.306. The molecule has 0 fully saturated rings. The Hall–Kier alpha value is 0.410. The van der Waals surface area contributed by atoms with E-state index in [4.69, 9.17) is 29.0 Å². The lowest BCUT2D eigenvalue weighted by Gasteiger charge is -2.09. The zero-order chi connectivity index (χ0) is 17.2. The molecule has 0 aliphatic rings. The standard InChI is InChI=1S/C8H19O3P.H4O7P2/c1-3-5-6-7-8-12(9,10)11-4-2;1-8(2,3)7-9(4,5)6/h3-8H2,1-2H3,(H,9,10);(H2,1,2,3)(H2,4,5,6). The molecule has 21 heavy (non-hydrogen) atoms. The van der Waals surface area contributed by atoms with E-state index in [0.717, 1.165) is 25.7 Å². The molecule has 0 saturated heterocycles. The van der Waals surface area contributed by atoms with Crippen LogP contribution in [-0.4, -0.2) is 37.2 Å². The Balaban J connectivity index is 0. The minimum Gasteiger partial charge on any atom is -0.324 e. The molecule has 0 rings (SSSR count). The lowest BCUT2D eigenvalue weighted by Crippen LogP contribution is -1.94. The van der Waals surface area contributed by atoms with Crippen LogP contribution in [0.25, 0.3) is 0 Å². The molecule has 0 radical (unpaired) electrons. The van der Waals surface area contributed by atoms with Crippen molar-refractivity contribution in [2.45, 2.75) is 39.5 Å². The van der Waals surface area contributed by atoms with E-state index in [-0.39, 0.29) is 0 Å². The average molecular weight is 372 g/mol. The third kappa shape index (κ3) is 22.8. The van der Waals surface area contributed by atoms with E-state index in [0.29, 0.717) is 12.8 Å². The van der Waals surface area contributed by atoms with Gasteiger partial charge in [0.15, 0.2) is 0 Å². The highest BCUT2D eigenvalue weighted by Gasteiger charge is 2.27. The van der Waals surface area contributed by atoms with Gasteiger partial charge in [-0.3, -0.25) is 4.57 Å². The summed E-state index contributed by atoms with van der Waals surface area (Å²) in [5, 5.41) is 0. The van der Waals surface area contributed by atoms with Gasteiger partial charge in [-0.25, -0.2) is 9.13 Å². The van der Waals surface area contributed by atoms with Crippen LogP contribution in [0.3, 0.4) is 0 Å². The largest absolute Gasteiger partial charge is 0.478 e. The maximum Gasteiger partial charge on any atom is 0.478 e. The fourth-order valence-corrected chi connectivity index (χ4v) is 3.41. The Morgan fingerprint density at radius 1 is 0.810 bits per heavy atom. The summed E-state index contributed by atoms with van der Waals surface area (Å²) >= 11 is 0. The first-order valence-electron chi connectivity index (χ1n) is 6.11. The Morgan fingerprint density at radius 3 is 1.57 bits per heavy atom. The van der Waals surface area contributed by atoms with Gasteiger partial charge in [-0.05, 0) is 13.3 Å². The maximum absolute atomic E-state index is 11.1. The van der Waals surface area contributed by atoms with Gasteiger partial charge in [0.2, 0.25) is 0 Å². The van der Waals surface area contributed by atoms with E-state index in [9.17, 15) is 13.7 Å². The molecular weight excluding hydrogens is 349 g/mol. The monoisotopic (exact) mass is 372 g/mol. The minimum atomic E-state index is -5.05. The van der Waals surface area contributed by atoms with Gasteiger partial charge >= 0.3 is 23.2 Å². The molecule has 5 N–H and O–H groups in total. The first-order valence-corrected chi connectivity index (χ1v) is 10.9. The van der Waals surface area contributed by atoms with Gasteiger partial charge in [0.1, 0.15) is 0 Å². The molecule has 0 aliphatic heterocycles. The molecule has 0 bridgehead atoms. The molecule has 130 valence electrons. The van der Waals surface area contributed by atoms with Gasteiger partial charge in [0.25, 0.3) is 0 Å². The topological polar surface area (TPSA) is 171 Å². The van der Waals surface area contributed by atoms with Crippen LogP contribution in [0.2, 0.25) is 0 Å². The second-order valence-corrected chi connectivity index (χ2v) is 8.50. The second-order valence-electron chi connectivity index (χ2n) is 3.90. The number of unbranched alkanes of at least 4 members (excludes halogenated alkanes) is 3. The van der Waals surface area contributed by atoms with Crippen LogP contribution < -0.4 is 0 Å². The predicted octanol–water partition coefficient (Wildman–Crippen LogP) is 1.98. The fourth-order valence-electron chi connectivity index (χ4n) is 1.14. The highest BCUT2D eigenvalue weighted by Crippen LogP contribution is 2.53. The Labute approximate surface area is 123 Å². The number of hydrogen-bond acceptors (Lipinski definition) is 5. The summed E-state index contributed by atoms with van der Waals surface area (Å²) in [4.78, 5) is 40.1. The third-order valence-corrected chi connectivity index (χ3v) is 5.08. The normalized spacial score (nSPS) is 15.0. The smallest absolute Gasteiger partial charge is 0.324 e. The van der Waals surface area contributed by atoms with Gasteiger partial charge in [-0.1, -0.05) is 26.2 Å². The summed E-state index contributed by atoms with van der Waals surface area (Å²) in [5.41, 5.74) is 0. The van der Waals surface area contributed by atoms with Gasteiger partial charge in [-0.15, -0.1) is 0 Å². The first kappa shape index (κ1) is 23.7. The van der Waals surface area contributed by atoms with E-state index in [2.05, 4.69) is 11.2 Å². The summed E-state index contributed by atoms with van der Waals surface area (Å²) in [6.07, 6.45) is 4.40. The number of phosphoric acid groups is 2. The van der Waals surface area contributed by atoms with E-state index < -0.39 is 23.2 Å². The summed E-state index contributed by atoms with van der Waals surface area (Å²) in [6, 6.07) is 0. The van der Waals surface area contributed by atoms with Crippen LogP contribution in [-0.2, 0) is 22.5 Å². The van der Waals surface area contributed by atoms with Gasteiger partial charge in [0, 0.05) is 6.16 Å². The van der Waals surface area contributed by atoms with Crippen LogP contribution in [0.1, 0.15) is 39.5 Å². The summed E-state index contributed by atoms with van der Waals surface area (Å²) in [5.74, 6) is 0. The van der Waals surface area contributed by atoms with Crippen molar-refractivity contribution in [3.05, 3.63) is 0 Å². The molecule has 0 aromatic heterocycles. The van der Waals surface area contributed by atoms with Crippen molar-refractivity contribution in [3.63, 3.8) is 0 Å². The highest BCUT2D eigenvalue weighted by atomic mass is 31.3. The van der Waals surface area contributed by atoms with Crippen molar-refractivity contribution >= 4 is 23.2 Å². The van der Waals surface area contributed by atoms with Crippen LogP contribution in [0.4, 0.5) is 0 Å². The molecule has 1 unspecified atom stereocenters. The molecule has 0 heterocycles. The molecule has 1 atom stereocenters. The van der Waals surface area contributed by atoms with Crippen molar-refractivity contribution in [1.29, 1.82) is 0 Å². The SMILES string of the molecule is CCCCCCP(=O)(O)OCC.O=P(O)(O)OP(=O)(O)O. The average Bonchev–Trinajstić information content (AvgIpc) is 2.20. The molecule has 0 aliphatic carbocycles. The lowest BCUT2D eigenvalue weighted by molar-refractivity contribution is 0.225. The molecule has 0 saturated carbocycles. The van der Waals surface area contributed by atoms with Crippen molar-refractivity contribution < 1.29 is 47.0 Å². The molecule has 0 aromatic carbocycles. The second kappa shape index (κ2) is 11.0. The number of hydrogen-bond donors (Lipinski definition) is 5. The van der Waals surface area contributed by atoms with Crippen LogP contribution in [0.5, 0.6) is 0 Å². The van der Waals surface area contributed by atoms with E-state index >= 15 is 0 Å². The molecule has 0 aromatic rings. The molecule has 0 amide bonds. The molecular formula is C8H23O10P3. The maximum atomic E-state index is 11.1. The van der Waals surface area contributed by atoms with E-state index in [1.807, 2.05) is 0 Å². The summed E-state index contributed by atoms with van der Waals surface area (Å²) in [6.45, 7) is 4.16. The van der Waals surface area contributed by atoms with Crippen molar-refractivity contribution in [1.82, 2.24) is 0 Å². The Bertz CT molecular complexity index is 379. The van der Waals surface area contributed by atoms with Crippen LogP contribution >= 0.6 is 23.2 Å². The van der Waals surface area contributed by atoms with Crippen LogP contribution in [0.15, 0.2) is 0 Å². The van der Waals surface area contributed by atoms with Gasteiger partial charge in [-0.2, -0.15) is 4.31 Å². The summed E-state index contributed by atoms with van der Waals surface area (Å²) < 4.78 is 38.0. The fraction of sp³-hybridized carbons (Fsp3) is 1.00. The number of rotatable bonds is 9.